The first-order valence-corrected chi connectivity index (χ1v) is 11.5. The summed E-state index contributed by atoms with van der Waals surface area (Å²) in [4.78, 5) is 22.3. The van der Waals surface area contributed by atoms with Gasteiger partial charge in [0.25, 0.3) is 0 Å². The highest BCUT2D eigenvalue weighted by atomic mass is 32.2. The number of imidazole rings is 1. The molecule has 1 saturated carbocycles. The molecule has 8 heteroatoms. The molecule has 2 fully saturated rings. The van der Waals surface area contributed by atoms with Gasteiger partial charge in [-0.2, -0.15) is 0 Å². The summed E-state index contributed by atoms with van der Waals surface area (Å²) in [5, 5.41) is 2.97. The van der Waals surface area contributed by atoms with E-state index in [-0.39, 0.29) is 23.6 Å². The quantitative estimate of drug-likeness (QED) is 0.765. The summed E-state index contributed by atoms with van der Waals surface area (Å²) in [7, 11) is -3.05. The van der Waals surface area contributed by atoms with Gasteiger partial charge in [0.1, 0.15) is 5.82 Å². The molecule has 2 N–H and O–H groups in total. The maximum Gasteiger partial charge on any atom is 0.317 e. The van der Waals surface area contributed by atoms with Crippen LogP contribution in [0.25, 0.3) is 11.0 Å². The zero-order valence-electron chi connectivity index (χ0n) is 15.4. The molecule has 1 atom stereocenters. The average Bonchev–Trinajstić information content (AvgIpc) is 3.41. The fourth-order valence-corrected chi connectivity index (χ4v) is 5.56. The Kier molecular flexibility index (Phi) is 5.08. The van der Waals surface area contributed by atoms with Gasteiger partial charge in [-0.15, -0.1) is 0 Å². The number of nitrogens with one attached hydrogen (secondary N) is 2. The third-order valence-corrected chi connectivity index (χ3v) is 7.17. The minimum atomic E-state index is -3.05. The average molecular weight is 391 g/mol. The van der Waals surface area contributed by atoms with Crippen molar-refractivity contribution in [3.63, 3.8) is 0 Å². The maximum atomic E-state index is 12.7. The van der Waals surface area contributed by atoms with E-state index >= 15 is 0 Å². The lowest BCUT2D eigenvalue weighted by molar-refractivity contribution is 0.174. The van der Waals surface area contributed by atoms with Crippen molar-refractivity contribution in [1.29, 1.82) is 0 Å². The van der Waals surface area contributed by atoms with E-state index in [1.807, 2.05) is 24.3 Å². The number of hydrogen-bond acceptors (Lipinski definition) is 4. The molecule has 7 nitrogen and oxygen atoms in total. The SMILES string of the molecule is O=C(NCCCc1nc2ccccc2[nH]1)N1CCCS(=O)(=O)CC1C1CC1. The van der Waals surface area contributed by atoms with Gasteiger partial charge in [0.2, 0.25) is 0 Å². The second-order valence-electron chi connectivity index (χ2n) is 7.60. The number of benzene rings is 1. The second-order valence-corrected chi connectivity index (χ2v) is 9.83. The highest BCUT2D eigenvalue weighted by Gasteiger charge is 2.41. The summed E-state index contributed by atoms with van der Waals surface area (Å²) in [5.74, 6) is 1.57. The van der Waals surface area contributed by atoms with Crippen LogP contribution in [0.5, 0.6) is 0 Å². The number of aromatic nitrogens is 2. The third kappa shape index (κ3) is 4.43. The van der Waals surface area contributed by atoms with Crippen molar-refractivity contribution >= 4 is 26.9 Å². The normalized spacial score (nSPS) is 22.5. The molecule has 2 amide bonds. The molecule has 2 aliphatic rings. The predicted octanol–water partition coefficient (Wildman–Crippen LogP) is 2.10. The Morgan fingerprint density at radius 2 is 2.11 bits per heavy atom. The molecule has 1 unspecified atom stereocenters. The standard InChI is InChI=1S/C19H26N4O3S/c24-19(23-11-4-12-27(25,26)13-17(23)14-8-9-14)20-10-3-7-18-21-15-5-1-2-6-16(15)22-18/h1-2,5-6,14,17H,3-4,7-13H2,(H,20,24)(H,21,22). The number of para-hydroxylation sites is 2. The molecular formula is C19H26N4O3S. The summed E-state index contributed by atoms with van der Waals surface area (Å²) in [6, 6.07) is 7.62. The predicted molar refractivity (Wildman–Crippen MR) is 104 cm³/mol. The number of rotatable bonds is 5. The second kappa shape index (κ2) is 7.50. The summed E-state index contributed by atoms with van der Waals surface area (Å²) in [5.41, 5.74) is 1.98. The third-order valence-electron chi connectivity index (χ3n) is 5.41. The van der Waals surface area contributed by atoms with Crippen LogP contribution in [-0.4, -0.2) is 60.0 Å². The fraction of sp³-hybridized carbons (Fsp3) is 0.579. The van der Waals surface area contributed by atoms with E-state index in [0.717, 1.165) is 42.5 Å². The lowest BCUT2D eigenvalue weighted by Crippen LogP contribution is -2.49. The largest absolute Gasteiger partial charge is 0.342 e. The van der Waals surface area contributed by atoms with Crippen LogP contribution in [-0.2, 0) is 16.3 Å². The smallest absolute Gasteiger partial charge is 0.317 e. The molecule has 0 radical (unpaired) electrons. The van der Waals surface area contributed by atoms with Gasteiger partial charge < -0.3 is 15.2 Å². The molecule has 0 spiro atoms. The summed E-state index contributed by atoms with van der Waals surface area (Å²) in [6.07, 6.45) is 4.12. The van der Waals surface area contributed by atoms with Gasteiger partial charge in [-0.25, -0.2) is 18.2 Å². The number of fused-ring (bicyclic) bond motifs is 1. The van der Waals surface area contributed by atoms with Crippen molar-refractivity contribution in [3.05, 3.63) is 30.1 Å². The molecule has 0 bridgehead atoms. The topological polar surface area (TPSA) is 95.2 Å². The van der Waals surface area contributed by atoms with Crippen LogP contribution in [0, 0.1) is 5.92 Å². The molecule has 1 aliphatic heterocycles. The minimum Gasteiger partial charge on any atom is -0.342 e. The van der Waals surface area contributed by atoms with Crippen LogP contribution in [0.15, 0.2) is 24.3 Å². The monoisotopic (exact) mass is 390 g/mol. The zero-order chi connectivity index (χ0) is 18.9. The van der Waals surface area contributed by atoms with Crippen molar-refractivity contribution in [2.75, 3.05) is 24.6 Å². The van der Waals surface area contributed by atoms with E-state index in [1.165, 1.54) is 0 Å². The van der Waals surface area contributed by atoms with E-state index in [0.29, 0.717) is 25.4 Å². The minimum absolute atomic E-state index is 0.115. The number of urea groups is 1. The van der Waals surface area contributed by atoms with Gasteiger partial charge in [0.15, 0.2) is 9.84 Å². The van der Waals surface area contributed by atoms with Gasteiger partial charge >= 0.3 is 6.03 Å². The Morgan fingerprint density at radius 1 is 1.30 bits per heavy atom. The van der Waals surface area contributed by atoms with Crippen molar-refractivity contribution in [2.45, 2.75) is 38.1 Å². The first-order chi connectivity index (χ1) is 13.0. The Balaban J connectivity index is 1.30. The lowest BCUT2D eigenvalue weighted by Gasteiger charge is -2.29. The fourth-order valence-electron chi connectivity index (χ4n) is 3.85. The van der Waals surface area contributed by atoms with Crippen LogP contribution in [0.1, 0.15) is 31.5 Å². The van der Waals surface area contributed by atoms with Crippen molar-refractivity contribution in [2.24, 2.45) is 5.92 Å². The first kappa shape index (κ1) is 18.3. The number of sulfone groups is 1. The van der Waals surface area contributed by atoms with Crippen LogP contribution in [0.3, 0.4) is 0 Å². The number of aryl methyl sites for hydroxylation is 1. The molecule has 2 heterocycles. The number of aromatic amines is 1. The van der Waals surface area contributed by atoms with E-state index in [1.54, 1.807) is 4.90 Å². The molecule has 4 rings (SSSR count). The van der Waals surface area contributed by atoms with E-state index in [4.69, 9.17) is 0 Å². The number of H-pyrrole nitrogens is 1. The van der Waals surface area contributed by atoms with Crippen molar-refractivity contribution in [1.82, 2.24) is 20.2 Å². The van der Waals surface area contributed by atoms with Gasteiger partial charge in [-0.1, -0.05) is 12.1 Å². The van der Waals surface area contributed by atoms with E-state index in [9.17, 15) is 13.2 Å². The Morgan fingerprint density at radius 3 is 2.89 bits per heavy atom. The zero-order valence-corrected chi connectivity index (χ0v) is 16.2. The molecule has 1 aromatic carbocycles. The Bertz CT molecular complexity index is 887. The lowest BCUT2D eigenvalue weighted by atomic mass is 10.2. The number of hydrogen-bond donors (Lipinski definition) is 2. The Labute approximate surface area is 159 Å². The van der Waals surface area contributed by atoms with Crippen LogP contribution in [0.2, 0.25) is 0 Å². The van der Waals surface area contributed by atoms with Gasteiger partial charge in [-0.3, -0.25) is 0 Å². The van der Waals surface area contributed by atoms with Gasteiger partial charge in [0.05, 0.1) is 28.6 Å². The molecule has 27 heavy (non-hydrogen) atoms. The van der Waals surface area contributed by atoms with Crippen LogP contribution >= 0.6 is 0 Å². The maximum absolute atomic E-state index is 12.7. The van der Waals surface area contributed by atoms with E-state index < -0.39 is 9.84 Å². The summed E-state index contributed by atoms with van der Waals surface area (Å²) < 4.78 is 24.2. The van der Waals surface area contributed by atoms with Gasteiger partial charge in [-0.05, 0) is 43.7 Å². The highest BCUT2D eigenvalue weighted by Crippen LogP contribution is 2.37. The summed E-state index contributed by atoms with van der Waals surface area (Å²) in [6.45, 7) is 1.08. The first-order valence-electron chi connectivity index (χ1n) is 9.70. The molecule has 1 saturated heterocycles. The number of nitrogens with zero attached hydrogens (tertiary/aromatic N) is 2. The molecular weight excluding hydrogens is 364 g/mol. The Hall–Kier alpha value is -2.09. The van der Waals surface area contributed by atoms with E-state index in [2.05, 4.69) is 15.3 Å². The van der Waals surface area contributed by atoms with Crippen LogP contribution < -0.4 is 5.32 Å². The number of carbonyl (C=O) groups is 1. The molecule has 146 valence electrons. The molecule has 1 aromatic heterocycles. The van der Waals surface area contributed by atoms with Gasteiger partial charge in [0, 0.05) is 19.5 Å². The molecule has 2 aromatic rings. The number of carbonyl (C=O) groups excluding carboxylic acids is 1. The molecule has 1 aliphatic carbocycles. The van der Waals surface area contributed by atoms with Crippen molar-refractivity contribution in [3.8, 4) is 0 Å². The summed E-state index contributed by atoms with van der Waals surface area (Å²) >= 11 is 0. The van der Waals surface area contributed by atoms with Crippen molar-refractivity contribution < 1.29 is 13.2 Å². The van der Waals surface area contributed by atoms with Crippen LogP contribution in [0.4, 0.5) is 4.79 Å². The highest BCUT2D eigenvalue weighted by molar-refractivity contribution is 7.91. The number of amides is 2.